The average molecular weight is 529 g/mol. The zero-order valence-corrected chi connectivity index (χ0v) is 23.5. The highest BCUT2D eigenvalue weighted by Gasteiger charge is 2.58. The van der Waals surface area contributed by atoms with Gasteiger partial charge in [0.25, 0.3) is 0 Å². The van der Waals surface area contributed by atoms with Crippen LogP contribution in [0.5, 0.6) is 0 Å². The molecule has 1 heterocycles. The first kappa shape index (κ1) is 28.1. The summed E-state index contributed by atoms with van der Waals surface area (Å²) in [6, 6.07) is 0. The lowest BCUT2D eigenvalue weighted by atomic mass is 9.47. The van der Waals surface area contributed by atoms with Crippen molar-refractivity contribution in [2.45, 2.75) is 116 Å². The van der Waals surface area contributed by atoms with Crippen molar-refractivity contribution < 1.29 is 29.6 Å². The van der Waals surface area contributed by atoms with Crippen LogP contribution in [-0.4, -0.2) is 52.5 Å². The fourth-order valence-electron chi connectivity index (χ4n) is 9.26. The standard InChI is InChI=1S/C32H48O6/c1-20(6-4-5-7-29(35)36)24-10-11-25-23-9-8-21-18-22(37-30-13-12-27(34)28(19-33)38-30)14-16-31(21,2)26(23)15-17-32(24,25)3/h6,8,12-13,22-28,30,33-34H,4-5,7,9-11,14-19H2,1-3H3,(H,35,36)/b20-6+/t22-,23-,24+,25-,26-,27-,28+,30?,31-,32+/m0/s1. The molecule has 4 aliphatic carbocycles. The van der Waals surface area contributed by atoms with E-state index in [9.17, 15) is 15.0 Å². The highest BCUT2D eigenvalue weighted by Crippen LogP contribution is 2.67. The number of carbonyl (C=O) groups is 1. The van der Waals surface area contributed by atoms with E-state index in [0.29, 0.717) is 11.3 Å². The molecule has 3 fully saturated rings. The smallest absolute Gasteiger partial charge is 0.303 e. The molecule has 5 aliphatic rings. The third-order valence-electron chi connectivity index (χ3n) is 11.3. The van der Waals surface area contributed by atoms with Crippen LogP contribution in [0.2, 0.25) is 0 Å². The molecular weight excluding hydrogens is 480 g/mol. The number of aliphatic hydroxyl groups excluding tert-OH is 2. The lowest BCUT2D eigenvalue weighted by Crippen LogP contribution is -2.51. The van der Waals surface area contributed by atoms with Crippen molar-refractivity contribution in [1.29, 1.82) is 0 Å². The van der Waals surface area contributed by atoms with Gasteiger partial charge in [-0.05, 0) is 112 Å². The summed E-state index contributed by atoms with van der Waals surface area (Å²) in [4.78, 5) is 10.9. The van der Waals surface area contributed by atoms with Gasteiger partial charge in [0.1, 0.15) is 12.2 Å². The van der Waals surface area contributed by atoms with Gasteiger partial charge in [-0.3, -0.25) is 4.79 Å². The van der Waals surface area contributed by atoms with Gasteiger partial charge in [0.2, 0.25) is 0 Å². The van der Waals surface area contributed by atoms with Gasteiger partial charge >= 0.3 is 5.97 Å². The van der Waals surface area contributed by atoms with Gasteiger partial charge in [0, 0.05) is 6.42 Å². The Balaban J connectivity index is 1.24. The monoisotopic (exact) mass is 528 g/mol. The van der Waals surface area contributed by atoms with Crippen molar-refractivity contribution in [2.24, 2.45) is 34.5 Å². The van der Waals surface area contributed by atoms with Crippen LogP contribution >= 0.6 is 0 Å². The first-order valence-corrected chi connectivity index (χ1v) is 15.0. The Kier molecular flexibility index (Phi) is 8.27. The molecule has 0 amide bonds. The molecule has 0 saturated heterocycles. The number of aliphatic carboxylic acids is 1. The molecule has 0 bridgehead atoms. The van der Waals surface area contributed by atoms with Gasteiger partial charge in [-0.2, -0.15) is 0 Å². The molecule has 0 aromatic heterocycles. The van der Waals surface area contributed by atoms with Crippen molar-refractivity contribution >= 4 is 5.97 Å². The summed E-state index contributed by atoms with van der Waals surface area (Å²) in [5.41, 5.74) is 3.66. The van der Waals surface area contributed by atoms with Gasteiger partial charge in [-0.1, -0.05) is 43.2 Å². The van der Waals surface area contributed by atoms with Gasteiger partial charge in [-0.25, -0.2) is 0 Å². The predicted octanol–water partition coefficient (Wildman–Crippen LogP) is 5.79. The van der Waals surface area contributed by atoms with Crippen LogP contribution in [0.15, 0.2) is 35.5 Å². The average Bonchev–Trinajstić information content (AvgIpc) is 3.25. The Labute approximate surface area is 228 Å². The molecule has 3 N–H and O–H groups in total. The van der Waals surface area contributed by atoms with E-state index in [0.717, 1.165) is 49.9 Å². The van der Waals surface area contributed by atoms with Crippen LogP contribution in [0.1, 0.15) is 91.4 Å². The summed E-state index contributed by atoms with van der Waals surface area (Å²) >= 11 is 0. The van der Waals surface area contributed by atoms with Gasteiger partial charge < -0.3 is 24.8 Å². The Bertz CT molecular complexity index is 969. The lowest BCUT2D eigenvalue weighted by molar-refractivity contribution is -0.203. The Morgan fingerprint density at radius 2 is 1.97 bits per heavy atom. The van der Waals surface area contributed by atoms with E-state index >= 15 is 0 Å². The number of hydrogen-bond acceptors (Lipinski definition) is 5. The quantitative estimate of drug-likeness (QED) is 0.273. The van der Waals surface area contributed by atoms with E-state index in [2.05, 4.69) is 32.9 Å². The largest absolute Gasteiger partial charge is 0.481 e. The maximum absolute atomic E-state index is 10.9. The molecule has 1 unspecified atom stereocenters. The minimum absolute atomic E-state index is 0.105. The van der Waals surface area contributed by atoms with Crippen molar-refractivity contribution in [3.05, 3.63) is 35.5 Å². The fourth-order valence-corrected chi connectivity index (χ4v) is 9.26. The topological polar surface area (TPSA) is 96.2 Å². The number of ether oxygens (including phenoxy) is 2. The maximum Gasteiger partial charge on any atom is 0.303 e. The Morgan fingerprint density at radius 1 is 1.16 bits per heavy atom. The van der Waals surface area contributed by atoms with E-state index in [1.807, 2.05) is 0 Å². The fraction of sp³-hybridized carbons (Fsp3) is 0.781. The molecular formula is C32H48O6. The number of carboxylic acids is 1. The van der Waals surface area contributed by atoms with E-state index in [1.165, 1.54) is 37.7 Å². The SMILES string of the molecule is C/C(=C\CCCC(=O)O)[C@H]1CC[C@H]2[C@@H]3CC=C4C[C@@H](OC5C=C[C@H](O)[C@@H](CO)O5)CC[C@]4(C)[C@H]3CC[C@]12C. The number of aliphatic hydroxyl groups is 2. The molecule has 0 aromatic rings. The normalized spacial score (nSPS) is 44.7. The molecule has 0 radical (unpaired) electrons. The molecule has 10 atom stereocenters. The van der Waals surface area contributed by atoms with Crippen molar-refractivity contribution in [3.8, 4) is 0 Å². The number of allylic oxidation sites excluding steroid dienone is 3. The second-order valence-corrected chi connectivity index (χ2v) is 13.3. The molecule has 0 spiro atoms. The summed E-state index contributed by atoms with van der Waals surface area (Å²) in [6.07, 6.45) is 17.9. The summed E-state index contributed by atoms with van der Waals surface area (Å²) in [6.45, 7) is 7.15. The van der Waals surface area contributed by atoms with Gasteiger partial charge in [0.15, 0.2) is 6.29 Å². The number of unbranched alkanes of at least 4 members (excludes halogenated alkanes) is 1. The van der Waals surface area contributed by atoms with Crippen LogP contribution in [0.4, 0.5) is 0 Å². The van der Waals surface area contributed by atoms with Crippen molar-refractivity contribution in [2.75, 3.05) is 6.61 Å². The van der Waals surface area contributed by atoms with E-state index in [-0.39, 0.29) is 24.5 Å². The zero-order chi connectivity index (χ0) is 27.1. The molecule has 6 heteroatoms. The van der Waals surface area contributed by atoms with Crippen LogP contribution in [0, 0.1) is 34.5 Å². The molecule has 0 aromatic carbocycles. The molecule has 6 nitrogen and oxygen atoms in total. The summed E-state index contributed by atoms with van der Waals surface area (Å²) in [7, 11) is 0. The Morgan fingerprint density at radius 3 is 2.74 bits per heavy atom. The van der Waals surface area contributed by atoms with Crippen LogP contribution in [0.25, 0.3) is 0 Å². The second kappa shape index (κ2) is 11.2. The minimum atomic E-state index is -0.782. The third kappa shape index (κ3) is 5.18. The number of carboxylic acid groups (broad SMARTS) is 1. The number of rotatable bonds is 8. The van der Waals surface area contributed by atoms with E-state index in [1.54, 1.807) is 17.7 Å². The lowest BCUT2D eigenvalue weighted by Gasteiger charge is -2.58. The summed E-state index contributed by atoms with van der Waals surface area (Å²) in [5.74, 6) is 2.18. The number of hydrogen-bond donors (Lipinski definition) is 3. The minimum Gasteiger partial charge on any atom is -0.481 e. The predicted molar refractivity (Wildman–Crippen MR) is 146 cm³/mol. The van der Waals surface area contributed by atoms with Gasteiger partial charge in [0.05, 0.1) is 12.7 Å². The Hall–Kier alpha value is -1.47. The first-order chi connectivity index (χ1) is 18.2. The second-order valence-electron chi connectivity index (χ2n) is 13.3. The summed E-state index contributed by atoms with van der Waals surface area (Å²) in [5, 5.41) is 28.4. The van der Waals surface area contributed by atoms with Gasteiger partial charge in [-0.15, -0.1) is 0 Å². The molecule has 1 aliphatic heterocycles. The highest BCUT2D eigenvalue weighted by molar-refractivity contribution is 5.66. The van der Waals surface area contributed by atoms with Crippen LogP contribution < -0.4 is 0 Å². The molecule has 212 valence electrons. The van der Waals surface area contributed by atoms with E-state index < -0.39 is 24.5 Å². The summed E-state index contributed by atoms with van der Waals surface area (Å²) < 4.78 is 12.1. The zero-order valence-electron chi connectivity index (χ0n) is 23.5. The molecule has 38 heavy (non-hydrogen) atoms. The maximum atomic E-state index is 10.9. The highest BCUT2D eigenvalue weighted by atomic mass is 16.7. The molecule has 3 saturated carbocycles. The van der Waals surface area contributed by atoms with Crippen LogP contribution in [-0.2, 0) is 14.3 Å². The van der Waals surface area contributed by atoms with Crippen molar-refractivity contribution in [1.82, 2.24) is 0 Å². The van der Waals surface area contributed by atoms with Crippen LogP contribution in [0.3, 0.4) is 0 Å². The first-order valence-electron chi connectivity index (χ1n) is 15.0. The third-order valence-corrected chi connectivity index (χ3v) is 11.3. The number of fused-ring (bicyclic) bond motifs is 5. The van der Waals surface area contributed by atoms with Crippen molar-refractivity contribution in [3.63, 3.8) is 0 Å². The molecule has 5 rings (SSSR count). The van der Waals surface area contributed by atoms with E-state index in [4.69, 9.17) is 14.6 Å².